The fraction of sp³-hybridized carbons (Fsp3) is 0.190. The van der Waals surface area contributed by atoms with Crippen LogP contribution in [0.2, 0.25) is 0 Å². The third-order valence-electron chi connectivity index (χ3n) is 4.32. The number of benzene rings is 2. The number of ether oxygens (including phenoxy) is 1. The maximum Gasteiger partial charge on any atom is 0.259 e. The summed E-state index contributed by atoms with van der Waals surface area (Å²) in [5, 5.41) is 6.22. The van der Waals surface area contributed by atoms with Crippen LogP contribution in [0.25, 0.3) is 0 Å². The van der Waals surface area contributed by atoms with E-state index in [2.05, 4.69) is 25.3 Å². The van der Waals surface area contributed by atoms with Crippen molar-refractivity contribution in [1.29, 1.82) is 0 Å². The molecule has 168 valence electrons. The van der Waals surface area contributed by atoms with Crippen LogP contribution < -0.4 is 20.1 Å². The maximum atomic E-state index is 12.0. The second-order valence-corrected chi connectivity index (χ2v) is 8.77. The van der Waals surface area contributed by atoms with Gasteiger partial charge in [0, 0.05) is 37.6 Å². The van der Waals surface area contributed by atoms with Crippen LogP contribution in [0, 0.1) is 0 Å². The minimum absolute atomic E-state index is 0.0552. The first kappa shape index (κ1) is 23.0. The van der Waals surface area contributed by atoms with Gasteiger partial charge in [0.15, 0.2) is 6.61 Å². The molecule has 10 nitrogen and oxygen atoms in total. The van der Waals surface area contributed by atoms with E-state index >= 15 is 0 Å². The van der Waals surface area contributed by atoms with Crippen LogP contribution in [0.5, 0.6) is 5.75 Å². The molecule has 32 heavy (non-hydrogen) atoms. The number of likely N-dealkylation sites (N-methyl/N-ethyl adjacent to an activating group) is 1. The van der Waals surface area contributed by atoms with Crippen molar-refractivity contribution in [2.24, 2.45) is 0 Å². The summed E-state index contributed by atoms with van der Waals surface area (Å²) in [7, 11) is 1.14. The lowest BCUT2D eigenvalue weighted by atomic mass is 10.3. The zero-order valence-electron chi connectivity index (χ0n) is 17.9. The van der Waals surface area contributed by atoms with Gasteiger partial charge >= 0.3 is 0 Å². The number of carbonyl (C=O) groups is 1. The van der Waals surface area contributed by atoms with Gasteiger partial charge in [0.2, 0.25) is 10.0 Å². The highest BCUT2D eigenvalue weighted by Crippen LogP contribution is 2.23. The monoisotopic (exact) mass is 456 g/mol. The molecule has 11 heteroatoms. The Morgan fingerprint density at radius 2 is 1.59 bits per heavy atom. The number of rotatable bonds is 9. The molecular formula is C21H24N6O4S. The first-order chi connectivity index (χ1) is 15.3. The van der Waals surface area contributed by atoms with Crippen LogP contribution in [0.4, 0.5) is 23.0 Å². The summed E-state index contributed by atoms with van der Waals surface area (Å²) in [6.45, 7) is -0.0552. The highest BCUT2D eigenvalue weighted by atomic mass is 32.2. The van der Waals surface area contributed by atoms with Crippen molar-refractivity contribution in [2.45, 2.75) is 4.90 Å². The van der Waals surface area contributed by atoms with Crippen LogP contribution in [0.3, 0.4) is 0 Å². The SMILES string of the molecule is CNS(=O)(=O)c1cccc(Nc2cc(Nc3cccc(OCC(=O)N(C)C)c3)ncn2)c1. The topological polar surface area (TPSA) is 126 Å². The summed E-state index contributed by atoms with van der Waals surface area (Å²) in [6.07, 6.45) is 1.38. The molecule has 0 aliphatic heterocycles. The van der Waals surface area contributed by atoms with Crippen molar-refractivity contribution < 1.29 is 17.9 Å². The molecule has 3 N–H and O–H groups in total. The van der Waals surface area contributed by atoms with Crippen LogP contribution >= 0.6 is 0 Å². The van der Waals surface area contributed by atoms with Gasteiger partial charge in [-0.25, -0.2) is 23.1 Å². The molecule has 1 amide bonds. The number of amides is 1. The van der Waals surface area contributed by atoms with E-state index in [-0.39, 0.29) is 17.4 Å². The third kappa shape index (κ3) is 6.15. The second kappa shape index (κ2) is 10.1. The van der Waals surface area contributed by atoms with E-state index in [1.165, 1.54) is 30.4 Å². The number of aromatic nitrogens is 2. The number of hydrogen-bond donors (Lipinski definition) is 3. The van der Waals surface area contributed by atoms with Gasteiger partial charge in [-0.2, -0.15) is 0 Å². The number of nitrogens with one attached hydrogen (secondary N) is 3. The molecule has 0 aliphatic carbocycles. The van der Waals surface area contributed by atoms with E-state index in [9.17, 15) is 13.2 Å². The molecule has 0 saturated heterocycles. The lowest BCUT2D eigenvalue weighted by Gasteiger charge is -2.13. The van der Waals surface area contributed by atoms with Crippen molar-refractivity contribution in [3.63, 3.8) is 0 Å². The van der Waals surface area contributed by atoms with Crippen molar-refractivity contribution in [1.82, 2.24) is 19.6 Å². The average molecular weight is 457 g/mol. The van der Waals surface area contributed by atoms with E-state index in [1.54, 1.807) is 50.5 Å². The molecule has 3 rings (SSSR count). The normalized spacial score (nSPS) is 11.0. The minimum Gasteiger partial charge on any atom is -0.484 e. The zero-order valence-corrected chi connectivity index (χ0v) is 18.7. The van der Waals surface area contributed by atoms with Gasteiger partial charge in [-0.1, -0.05) is 12.1 Å². The van der Waals surface area contributed by atoms with E-state index in [0.717, 1.165) is 0 Å². The highest BCUT2D eigenvalue weighted by Gasteiger charge is 2.12. The van der Waals surface area contributed by atoms with Crippen LogP contribution in [0.15, 0.2) is 65.8 Å². The van der Waals surface area contributed by atoms with Gasteiger partial charge in [0.05, 0.1) is 4.90 Å². The van der Waals surface area contributed by atoms with Crippen molar-refractivity contribution in [2.75, 3.05) is 38.4 Å². The minimum atomic E-state index is -3.55. The van der Waals surface area contributed by atoms with E-state index in [4.69, 9.17) is 4.74 Å². The fourth-order valence-corrected chi connectivity index (χ4v) is 3.36. The van der Waals surface area contributed by atoms with E-state index < -0.39 is 10.0 Å². The second-order valence-electron chi connectivity index (χ2n) is 6.88. The van der Waals surface area contributed by atoms with Crippen LogP contribution in [0.1, 0.15) is 0 Å². The smallest absolute Gasteiger partial charge is 0.259 e. The fourth-order valence-electron chi connectivity index (χ4n) is 2.59. The number of nitrogens with zero attached hydrogens (tertiary/aromatic N) is 3. The number of carbonyl (C=O) groups excluding carboxylic acids is 1. The summed E-state index contributed by atoms with van der Waals surface area (Å²) in [5.74, 6) is 1.40. The number of hydrogen-bond acceptors (Lipinski definition) is 8. The molecule has 0 spiro atoms. The molecule has 0 unspecified atom stereocenters. The van der Waals surface area contributed by atoms with Crippen molar-refractivity contribution in [3.8, 4) is 5.75 Å². The quantitative estimate of drug-likeness (QED) is 0.448. The maximum absolute atomic E-state index is 12.0. The standard InChI is InChI=1S/C21H24N6O4S/c1-22-32(29,30)18-9-5-7-16(11-18)26-20-12-19(23-14-24-20)25-15-6-4-8-17(10-15)31-13-21(28)27(2)3/h4-12,14,22H,13H2,1-3H3,(H2,23,24,25,26). The molecule has 0 bridgehead atoms. The average Bonchev–Trinajstić information content (AvgIpc) is 2.78. The lowest BCUT2D eigenvalue weighted by molar-refractivity contribution is -0.130. The van der Waals surface area contributed by atoms with Gasteiger partial charge in [-0.15, -0.1) is 0 Å². The molecule has 0 radical (unpaired) electrons. The molecular weight excluding hydrogens is 432 g/mol. The molecule has 1 heterocycles. The predicted octanol–water partition coefficient (Wildman–Crippen LogP) is 2.34. The first-order valence-electron chi connectivity index (χ1n) is 9.59. The Kier molecular flexibility index (Phi) is 7.23. The summed E-state index contributed by atoms with van der Waals surface area (Å²) in [6, 6.07) is 15.2. The van der Waals surface area contributed by atoms with E-state index in [1.807, 2.05) is 6.07 Å². The summed E-state index contributed by atoms with van der Waals surface area (Å²) in [4.78, 5) is 21.7. The van der Waals surface area contributed by atoms with Crippen LogP contribution in [-0.4, -0.2) is 56.9 Å². The molecule has 1 aromatic heterocycles. The Labute approximate surface area is 186 Å². The van der Waals surface area contributed by atoms with Gasteiger partial charge in [-0.05, 0) is 37.4 Å². The highest BCUT2D eigenvalue weighted by molar-refractivity contribution is 7.89. The van der Waals surface area contributed by atoms with E-state index in [0.29, 0.717) is 28.8 Å². The third-order valence-corrected chi connectivity index (χ3v) is 5.73. The Balaban J connectivity index is 1.70. The molecule has 0 fully saturated rings. The summed E-state index contributed by atoms with van der Waals surface area (Å²) >= 11 is 0. The number of anilines is 4. The van der Waals surface area contributed by atoms with Gasteiger partial charge in [0.25, 0.3) is 5.91 Å². The summed E-state index contributed by atoms with van der Waals surface area (Å²) in [5.41, 5.74) is 1.28. The van der Waals surface area contributed by atoms with Crippen molar-refractivity contribution in [3.05, 3.63) is 60.9 Å². The molecule has 0 aliphatic rings. The Hall–Kier alpha value is -3.70. The molecule has 3 aromatic rings. The Morgan fingerprint density at radius 3 is 2.22 bits per heavy atom. The van der Waals surface area contributed by atoms with Crippen molar-refractivity contribution >= 4 is 38.9 Å². The molecule has 0 atom stereocenters. The zero-order chi connectivity index (χ0) is 23.1. The van der Waals surface area contributed by atoms with Gasteiger partial charge in [-0.3, -0.25) is 4.79 Å². The predicted molar refractivity (Wildman–Crippen MR) is 122 cm³/mol. The Bertz CT molecular complexity index is 1200. The lowest BCUT2D eigenvalue weighted by Crippen LogP contribution is -2.27. The largest absolute Gasteiger partial charge is 0.484 e. The van der Waals surface area contributed by atoms with Gasteiger partial charge in [0.1, 0.15) is 23.7 Å². The molecule has 0 saturated carbocycles. The summed E-state index contributed by atoms with van der Waals surface area (Å²) < 4.78 is 31.8. The Morgan fingerprint density at radius 1 is 0.969 bits per heavy atom. The van der Waals surface area contributed by atoms with Gasteiger partial charge < -0.3 is 20.3 Å². The molecule has 2 aromatic carbocycles. The number of sulfonamides is 1. The first-order valence-corrected chi connectivity index (χ1v) is 11.1. The van der Waals surface area contributed by atoms with Crippen LogP contribution in [-0.2, 0) is 14.8 Å².